The fourth-order valence-corrected chi connectivity index (χ4v) is 1.99. The van der Waals surface area contributed by atoms with Crippen LogP contribution >= 0.6 is 15.9 Å². The van der Waals surface area contributed by atoms with Crippen LogP contribution in [0.3, 0.4) is 0 Å². The van der Waals surface area contributed by atoms with Crippen molar-refractivity contribution in [1.29, 1.82) is 0 Å². The van der Waals surface area contributed by atoms with E-state index >= 15 is 0 Å². The molecule has 2 aromatic rings. The van der Waals surface area contributed by atoms with E-state index in [1.165, 1.54) is 26.6 Å². The number of benzene rings is 1. The molecule has 2 rings (SSSR count). The van der Waals surface area contributed by atoms with E-state index in [1.54, 1.807) is 0 Å². The minimum absolute atomic E-state index is 1.06. The van der Waals surface area contributed by atoms with E-state index < -0.39 is 0 Å². The van der Waals surface area contributed by atoms with E-state index in [-0.39, 0.29) is 0 Å². The Kier molecular flexibility index (Phi) is 2.16. The second-order valence-electron chi connectivity index (χ2n) is 3.31. The number of nitrogens with one attached hydrogen (secondary N) is 1. The Hall–Kier alpha value is -0.760. The maximum atomic E-state index is 3.60. The van der Waals surface area contributed by atoms with Crippen molar-refractivity contribution in [3.63, 3.8) is 0 Å². The molecule has 0 radical (unpaired) electrons. The van der Waals surface area contributed by atoms with Gasteiger partial charge in [0.1, 0.15) is 0 Å². The number of aromatic nitrogens is 1. The zero-order valence-electron chi connectivity index (χ0n) is 7.82. The van der Waals surface area contributed by atoms with Crippen molar-refractivity contribution in [2.45, 2.75) is 20.3 Å². The van der Waals surface area contributed by atoms with Crippen LogP contribution in [-0.2, 0) is 6.42 Å². The van der Waals surface area contributed by atoms with E-state index in [0.717, 1.165) is 6.42 Å². The molecule has 0 unspecified atom stereocenters. The SMILES string of the molecule is CCc1cc2c(Br)c(C)ccc2[nH]1. The quantitative estimate of drug-likeness (QED) is 0.777. The average Bonchev–Trinajstić information content (AvgIpc) is 2.55. The van der Waals surface area contributed by atoms with Crippen LogP contribution in [0.5, 0.6) is 0 Å². The van der Waals surface area contributed by atoms with E-state index in [1.807, 2.05) is 0 Å². The second-order valence-corrected chi connectivity index (χ2v) is 4.10. The van der Waals surface area contributed by atoms with Gasteiger partial charge in [-0.3, -0.25) is 0 Å². The molecule has 0 aliphatic rings. The zero-order valence-corrected chi connectivity index (χ0v) is 9.40. The van der Waals surface area contributed by atoms with Gasteiger partial charge >= 0.3 is 0 Å². The number of hydrogen-bond acceptors (Lipinski definition) is 0. The third-order valence-corrected chi connectivity index (χ3v) is 3.42. The van der Waals surface area contributed by atoms with Crippen LogP contribution in [0.15, 0.2) is 22.7 Å². The highest BCUT2D eigenvalue weighted by atomic mass is 79.9. The third-order valence-electron chi connectivity index (χ3n) is 2.37. The van der Waals surface area contributed by atoms with E-state index in [0.29, 0.717) is 0 Å². The minimum Gasteiger partial charge on any atom is -0.358 e. The molecular formula is C11H12BrN. The first-order valence-electron chi connectivity index (χ1n) is 4.49. The number of H-pyrrole nitrogens is 1. The summed E-state index contributed by atoms with van der Waals surface area (Å²) in [6.07, 6.45) is 1.06. The van der Waals surface area contributed by atoms with Crippen LogP contribution in [0.4, 0.5) is 0 Å². The average molecular weight is 238 g/mol. The van der Waals surface area contributed by atoms with Crippen molar-refractivity contribution in [2.75, 3.05) is 0 Å². The number of halogens is 1. The molecule has 0 saturated heterocycles. The van der Waals surface area contributed by atoms with Crippen molar-refractivity contribution >= 4 is 26.8 Å². The number of rotatable bonds is 1. The Balaban J connectivity index is 2.76. The highest BCUT2D eigenvalue weighted by Gasteiger charge is 2.04. The predicted octanol–water partition coefficient (Wildman–Crippen LogP) is 3.80. The molecule has 0 bridgehead atoms. The van der Waals surface area contributed by atoms with Crippen LogP contribution < -0.4 is 0 Å². The van der Waals surface area contributed by atoms with Gasteiger partial charge in [0.2, 0.25) is 0 Å². The van der Waals surface area contributed by atoms with E-state index in [9.17, 15) is 0 Å². The van der Waals surface area contributed by atoms with Gasteiger partial charge < -0.3 is 4.98 Å². The summed E-state index contributed by atoms with van der Waals surface area (Å²) in [4.78, 5) is 3.38. The molecule has 1 aromatic carbocycles. The highest BCUT2D eigenvalue weighted by molar-refractivity contribution is 9.10. The van der Waals surface area contributed by atoms with Crippen molar-refractivity contribution < 1.29 is 0 Å². The molecule has 0 saturated carbocycles. The maximum Gasteiger partial charge on any atom is 0.0467 e. The summed E-state index contributed by atoms with van der Waals surface area (Å²) < 4.78 is 1.21. The molecule has 68 valence electrons. The molecule has 2 heteroatoms. The standard InChI is InChI=1S/C11H12BrN/c1-3-8-6-9-10(13-8)5-4-7(2)11(9)12/h4-6,13H,3H2,1-2H3. The Bertz CT molecular complexity index is 443. The van der Waals surface area contributed by atoms with Crippen molar-refractivity contribution in [3.8, 4) is 0 Å². The summed E-state index contributed by atoms with van der Waals surface area (Å²) >= 11 is 3.60. The predicted molar refractivity (Wildman–Crippen MR) is 60.1 cm³/mol. The first-order valence-corrected chi connectivity index (χ1v) is 5.28. The summed E-state index contributed by atoms with van der Waals surface area (Å²) in [7, 11) is 0. The van der Waals surface area contributed by atoms with Gasteiger partial charge in [0.15, 0.2) is 0 Å². The Morgan fingerprint density at radius 2 is 2.15 bits per heavy atom. The molecule has 1 nitrogen and oxygen atoms in total. The number of hydrogen-bond donors (Lipinski definition) is 1. The molecule has 0 fully saturated rings. The highest BCUT2D eigenvalue weighted by Crippen LogP contribution is 2.27. The summed E-state index contributed by atoms with van der Waals surface area (Å²) in [5.41, 5.74) is 3.80. The molecule has 1 aromatic heterocycles. The maximum absolute atomic E-state index is 3.60. The second kappa shape index (κ2) is 3.18. The lowest BCUT2D eigenvalue weighted by molar-refractivity contribution is 1.07. The molecule has 13 heavy (non-hydrogen) atoms. The van der Waals surface area contributed by atoms with Crippen LogP contribution in [0.1, 0.15) is 18.2 Å². The fourth-order valence-electron chi connectivity index (χ4n) is 1.53. The van der Waals surface area contributed by atoms with Crippen LogP contribution in [0, 0.1) is 6.92 Å². The van der Waals surface area contributed by atoms with Crippen molar-refractivity contribution in [1.82, 2.24) is 4.98 Å². The molecule has 0 atom stereocenters. The number of aryl methyl sites for hydroxylation is 2. The number of aromatic amines is 1. The molecule has 0 amide bonds. The summed E-state index contributed by atoms with van der Waals surface area (Å²) in [5, 5.41) is 1.29. The van der Waals surface area contributed by atoms with Gasteiger partial charge in [-0.15, -0.1) is 0 Å². The topological polar surface area (TPSA) is 15.8 Å². The van der Waals surface area contributed by atoms with Crippen LogP contribution in [-0.4, -0.2) is 4.98 Å². The Morgan fingerprint density at radius 3 is 2.85 bits per heavy atom. The lowest BCUT2D eigenvalue weighted by Crippen LogP contribution is -1.76. The Morgan fingerprint density at radius 1 is 1.38 bits per heavy atom. The molecule has 1 N–H and O–H groups in total. The minimum atomic E-state index is 1.06. The van der Waals surface area contributed by atoms with Crippen LogP contribution in [0.2, 0.25) is 0 Å². The monoisotopic (exact) mass is 237 g/mol. The normalized spacial score (nSPS) is 11.0. The molecular weight excluding hydrogens is 226 g/mol. The lowest BCUT2D eigenvalue weighted by Gasteiger charge is -1.97. The molecule has 0 aliphatic heterocycles. The van der Waals surface area contributed by atoms with Gasteiger partial charge in [-0.05, 0) is 47.0 Å². The smallest absolute Gasteiger partial charge is 0.0467 e. The first-order chi connectivity index (χ1) is 6.22. The van der Waals surface area contributed by atoms with Crippen molar-refractivity contribution in [2.24, 2.45) is 0 Å². The fraction of sp³-hybridized carbons (Fsp3) is 0.273. The zero-order chi connectivity index (χ0) is 9.42. The van der Waals surface area contributed by atoms with E-state index in [4.69, 9.17) is 0 Å². The summed E-state index contributed by atoms with van der Waals surface area (Å²) in [6, 6.07) is 6.48. The Labute approximate surface area is 86.3 Å². The van der Waals surface area contributed by atoms with Gasteiger partial charge in [-0.2, -0.15) is 0 Å². The summed E-state index contributed by atoms with van der Waals surface area (Å²) in [6.45, 7) is 4.27. The lowest BCUT2D eigenvalue weighted by atomic mass is 10.2. The molecule has 0 aliphatic carbocycles. The van der Waals surface area contributed by atoms with Crippen LogP contribution in [0.25, 0.3) is 10.9 Å². The van der Waals surface area contributed by atoms with Gasteiger partial charge in [0.25, 0.3) is 0 Å². The van der Waals surface area contributed by atoms with E-state index in [2.05, 4.69) is 53.0 Å². The van der Waals surface area contributed by atoms with Crippen molar-refractivity contribution in [3.05, 3.63) is 33.9 Å². The first kappa shape index (κ1) is 8.82. The van der Waals surface area contributed by atoms with Gasteiger partial charge in [0, 0.05) is 21.1 Å². The van der Waals surface area contributed by atoms with Gasteiger partial charge in [0.05, 0.1) is 0 Å². The molecule has 0 spiro atoms. The van der Waals surface area contributed by atoms with Gasteiger partial charge in [-0.25, -0.2) is 0 Å². The largest absolute Gasteiger partial charge is 0.358 e. The number of fused-ring (bicyclic) bond motifs is 1. The summed E-state index contributed by atoms with van der Waals surface area (Å²) in [5.74, 6) is 0. The van der Waals surface area contributed by atoms with Gasteiger partial charge in [-0.1, -0.05) is 13.0 Å². The molecule has 1 heterocycles. The third kappa shape index (κ3) is 1.39.